The van der Waals surface area contributed by atoms with Crippen LogP contribution in [0.5, 0.6) is 0 Å². The van der Waals surface area contributed by atoms with Crippen molar-refractivity contribution in [1.29, 1.82) is 0 Å². The van der Waals surface area contributed by atoms with Gasteiger partial charge in [-0.05, 0) is 58.7 Å². The molecule has 0 bridgehead atoms. The summed E-state index contributed by atoms with van der Waals surface area (Å²) in [6.45, 7) is 0. The zero-order chi connectivity index (χ0) is 37.0. The van der Waals surface area contributed by atoms with Gasteiger partial charge in [-0.1, -0.05) is 158 Å². The maximum Gasteiger partial charge on any atom is 0.161 e. The number of aromatic nitrogens is 3. The molecule has 0 aliphatic heterocycles. The number of nitrogens with zero attached hydrogens (tertiary/aromatic N) is 3. The van der Waals surface area contributed by atoms with Crippen LogP contribution in [0.25, 0.3) is 106 Å². The molecule has 0 amide bonds. The zero-order valence-electron chi connectivity index (χ0n) is 30.3. The van der Waals surface area contributed by atoms with Gasteiger partial charge < -0.3 is 8.98 Å². The van der Waals surface area contributed by atoms with Gasteiger partial charge in [-0.15, -0.1) is 0 Å². The van der Waals surface area contributed by atoms with E-state index in [4.69, 9.17) is 14.4 Å². The van der Waals surface area contributed by atoms with Crippen LogP contribution in [0.1, 0.15) is 0 Å². The van der Waals surface area contributed by atoms with E-state index in [2.05, 4.69) is 168 Å². The van der Waals surface area contributed by atoms with Gasteiger partial charge in [0.2, 0.25) is 0 Å². The Morgan fingerprint density at radius 1 is 0.357 bits per heavy atom. The number of fused-ring (bicyclic) bond motifs is 6. The molecule has 11 aromatic rings. The predicted molar refractivity (Wildman–Crippen MR) is 231 cm³/mol. The van der Waals surface area contributed by atoms with Crippen LogP contribution in [-0.2, 0) is 0 Å². The Bertz CT molecular complexity index is 3220. The molecule has 0 radical (unpaired) electrons. The van der Waals surface area contributed by atoms with E-state index in [1.165, 1.54) is 33.0 Å². The third-order valence-corrected chi connectivity index (χ3v) is 10.8. The smallest absolute Gasteiger partial charge is 0.161 e. The Morgan fingerprint density at radius 2 is 0.911 bits per heavy atom. The van der Waals surface area contributed by atoms with E-state index in [0.29, 0.717) is 5.82 Å². The van der Waals surface area contributed by atoms with Crippen molar-refractivity contribution >= 4 is 43.7 Å². The van der Waals surface area contributed by atoms with E-state index in [9.17, 15) is 0 Å². The van der Waals surface area contributed by atoms with Crippen LogP contribution < -0.4 is 0 Å². The number of hydrogen-bond acceptors (Lipinski definition) is 3. The molecule has 11 rings (SSSR count). The molecule has 8 aromatic carbocycles. The second kappa shape index (κ2) is 13.1. The summed E-state index contributed by atoms with van der Waals surface area (Å²) in [6, 6.07) is 70.2. The summed E-state index contributed by atoms with van der Waals surface area (Å²) in [5.74, 6) is 0.654. The second-order valence-electron chi connectivity index (χ2n) is 14.2. The Balaban J connectivity index is 1.07. The standard InChI is InChI=1S/C52H33N3O/c1-4-13-34(14-5-1)36-23-25-38(26-24-36)46-33-45(37-17-8-3-9-18-37)53-52(54-46)44-20-12-22-49-51(44)43-30-28-40(32-50(43)56-49)55-47-21-11-10-19-41(47)42-29-27-39(31-48(42)55)35-15-6-2-7-16-35/h1-33H. The highest BCUT2D eigenvalue weighted by molar-refractivity contribution is 6.13. The lowest BCUT2D eigenvalue weighted by Gasteiger charge is -2.11. The van der Waals surface area contributed by atoms with Gasteiger partial charge in [0.1, 0.15) is 11.2 Å². The van der Waals surface area contributed by atoms with E-state index >= 15 is 0 Å². The van der Waals surface area contributed by atoms with Crippen molar-refractivity contribution in [2.75, 3.05) is 0 Å². The van der Waals surface area contributed by atoms with E-state index in [-0.39, 0.29) is 0 Å². The molecule has 0 aliphatic rings. The molecule has 0 saturated carbocycles. The summed E-state index contributed by atoms with van der Waals surface area (Å²) in [5.41, 5.74) is 14.4. The first-order valence-corrected chi connectivity index (χ1v) is 18.9. The van der Waals surface area contributed by atoms with E-state index in [1.807, 2.05) is 36.4 Å². The minimum absolute atomic E-state index is 0.654. The first-order chi connectivity index (χ1) is 27.7. The van der Waals surface area contributed by atoms with E-state index in [0.717, 1.165) is 66.7 Å². The maximum atomic E-state index is 6.69. The molecule has 262 valence electrons. The summed E-state index contributed by atoms with van der Waals surface area (Å²) in [5, 5.41) is 4.45. The van der Waals surface area contributed by atoms with Crippen molar-refractivity contribution in [1.82, 2.24) is 14.5 Å². The summed E-state index contributed by atoms with van der Waals surface area (Å²) < 4.78 is 9.04. The third-order valence-electron chi connectivity index (χ3n) is 10.8. The summed E-state index contributed by atoms with van der Waals surface area (Å²) in [4.78, 5) is 10.4. The van der Waals surface area contributed by atoms with Crippen molar-refractivity contribution in [3.63, 3.8) is 0 Å². The van der Waals surface area contributed by atoms with Crippen LogP contribution in [-0.4, -0.2) is 14.5 Å². The normalized spacial score (nSPS) is 11.6. The van der Waals surface area contributed by atoms with E-state index in [1.54, 1.807) is 0 Å². The van der Waals surface area contributed by atoms with Crippen molar-refractivity contribution in [2.24, 2.45) is 0 Å². The Morgan fingerprint density at radius 3 is 1.64 bits per heavy atom. The molecule has 0 fully saturated rings. The Labute approximate surface area is 323 Å². The number of para-hydroxylation sites is 1. The molecular formula is C52H33N3O. The molecule has 3 aromatic heterocycles. The Kier molecular flexibility index (Phi) is 7.46. The van der Waals surface area contributed by atoms with Crippen LogP contribution in [0.15, 0.2) is 205 Å². The third kappa shape index (κ3) is 5.39. The minimum Gasteiger partial charge on any atom is -0.456 e. The first-order valence-electron chi connectivity index (χ1n) is 18.9. The van der Waals surface area contributed by atoms with Crippen molar-refractivity contribution in [2.45, 2.75) is 0 Å². The topological polar surface area (TPSA) is 43.9 Å². The summed E-state index contributed by atoms with van der Waals surface area (Å²) in [7, 11) is 0. The molecule has 56 heavy (non-hydrogen) atoms. The molecule has 4 heteroatoms. The monoisotopic (exact) mass is 715 g/mol. The lowest BCUT2D eigenvalue weighted by atomic mass is 10.0. The minimum atomic E-state index is 0.654. The zero-order valence-corrected chi connectivity index (χ0v) is 30.3. The lowest BCUT2D eigenvalue weighted by Crippen LogP contribution is -1.96. The lowest BCUT2D eigenvalue weighted by molar-refractivity contribution is 0.668. The van der Waals surface area contributed by atoms with Crippen molar-refractivity contribution in [3.05, 3.63) is 200 Å². The molecule has 3 heterocycles. The maximum absolute atomic E-state index is 6.69. The highest BCUT2D eigenvalue weighted by Gasteiger charge is 2.19. The van der Waals surface area contributed by atoms with Crippen molar-refractivity contribution < 1.29 is 4.42 Å². The van der Waals surface area contributed by atoms with Gasteiger partial charge in [0, 0.05) is 50.0 Å². The fourth-order valence-corrected chi connectivity index (χ4v) is 8.14. The summed E-state index contributed by atoms with van der Waals surface area (Å²) in [6.07, 6.45) is 0. The Hall–Kier alpha value is -7.56. The fraction of sp³-hybridized carbons (Fsp3) is 0. The molecule has 4 nitrogen and oxygen atoms in total. The molecule has 0 N–H and O–H groups in total. The molecule has 0 aliphatic carbocycles. The number of benzene rings is 8. The number of hydrogen-bond donors (Lipinski definition) is 0. The molecule has 0 saturated heterocycles. The van der Waals surface area contributed by atoms with Crippen LogP contribution in [0.3, 0.4) is 0 Å². The van der Waals surface area contributed by atoms with Gasteiger partial charge in [-0.3, -0.25) is 0 Å². The number of rotatable bonds is 6. The van der Waals surface area contributed by atoms with Gasteiger partial charge in [0.05, 0.1) is 22.4 Å². The highest BCUT2D eigenvalue weighted by atomic mass is 16.3. The van der Waals surface area contributed by atoms with Gasteiger partial charge in [0.15, 0.2) is 5.82 Å². The molecule has 0 spiro atoms. The van der Waals surface area contributed by atoms with Crippen LogP contribution in [0.4, 0.5) is 0 Å². The van der Waals surface area contributed by atoms with Crippen LogP contribution >= 0.6 is 0 Å². The highest BCUT2D eigenvalue weighted by Crippen LogP contribution is 2.40. The van der Waals surface area contributed by atoms with Crippen LogP contribution in [0, 0.1) is 0 Å². The second-order valence-corrected chi connectivity index (χ2v) is 14.2. The summed E-state index contributed by atoms with van der Waals surface area (Å²) >= 11 is 0. The largest absolute Gasteiger partial charge is 0.456 e. The van der Waals surface area contributed by atoms with Gasteiger partial charge in [-0.25, -0.2) is 9.97 Å². The van der Waals surface area contributed by atoms with Crippen molar-refractivity contribution in [3.8, 4) is 61.8 Å². The molecule has 0 unspecified atom stereocenters. The predicted octanol–water partition coefficient (Wildman–Crippen LogP) is 13.8. The quantitative estimate of drug-likeness (QED) is 0.172. The van der Waals surface area contributed by atoms with Gasteiger partial charge in [0.25, 0.3) is 0 Å². The molecular weight excluding hydrogens is 683 g/mol. The average molecular weight is 716 g/mol. The molecule has 0 atom stereocenters. The SMILES string of the molecule is c1ccc(-c2ccc(-c3cc(-c4ccccc4)nc(-c4cccc5oc6cc(-n7c8ccccc8c8ccc(-c9ccccc9)cc87)ccc6c45)n3)cc2)cc1. The first kappa shape index (κ1) is 31.9. The van der Waals surface area contributed by atoms with E-state index < -0.39 is 0 Å². The van der Waals surface area contributed by atoms with Crippen LogP contribution in [0.2, 0.25) is 0 Å². The van der Waals surface area contributed by atoms with Gasteiger partial charge >= 0.3 is 0 Å². The number of furan rings is 1. The average Bonchev–Trinajstić information content (AvgIpc) is 3.82. The fourth-order valence-electron chi connectivity index (χ4n) is 8.14. The van der Waals surface area contributed by atoms with Gasteiger partial charge in [-0.2, -0.15) is 0 Å².